The van der Waals surface area contributed by atoms with Gasteiger partial charge in [-0.25, -0.2) is 10.1 Å². The van der Waals surface area contributed by atoms with Gasteiger partial charge in [-0.1, -0.05) is 0 Å². The first-order chi connectivity index (χ1) is 8.75. The van der Waals surface area contributed by atoms with E-state index in [1.54, 1.807) is 0 Å². The molecule has 0 aliphatic rings. The summed E-state index contributed by atoms with van der Waals surface area (Å²) in [6.45, 7) is -0.198. The number of carbonyl (C=O) groups is 2. The molecule has 0 bridgehead atoms. The summed E-state index contributed by atoms with van der Waals surface area (Å²) >= 11 is 0. The normalized spacial score (nSPS) is 9.78. The molecule has 0 fully saturated rings. The topological polar surface area (TPSA) is 126 Å². The third kappa shape index (κ3) is 3.07. The van der Waals surface area contributed by atoms with E-state index in [1.807, 2.05) is 0 Å². The van der Waals surface area contributed by atoms with Crippen molar-refractivity contribution in [3.05, 3.63) is 30.6 Å². The Hall–Kier alpha value is -2.84. The smallest absolute Gasteiger partial charge is 0.271 e. The first-order valence-electron chi connectivity index (χ1n) is 4.95. The fourth-order valence-electron chi connectivity index (χ4n) is 1.11. The van der Waals surface area contributed by atoms with Gasteiger partial charge in [-0.05, 0) is 0 Å². The minimum atomic E-state index is -0.476. The van der Waals surface area contributed by atoms with Gasteiger partial charge in [-0.2, -0.15) is 10.1 Å². The monoisotopic (exact) mass is 247 g/mol. The molecule has 0 saturated heterocycles. The summed E-state index contributed by atoms with van der Waals surface area (Å²) in [4.78, 5) is 34.2. The number of hydrogen-bond donors (Lipinski definition) is 3. The molecule has 0 aromatic carbocycles. The molecule has 0 unspecified atom stereocenters. The van der Waals surface area contributed by atoms with Crippen LogP contribution >= 0.6 is 0 Å². The van der Waals surface area contributed by atoms with Crippen LogP contribution in [-0.2, 0) is 4.79 Å². The van der Waals surface area contributed by atoms with Crippen molar-refractivity contribution in [1.82, 2.24) is 30.5 Å². The number of H-pyrrole nitrogens is 1. The second-order valence-corrected chi connectivity index (χ2v) is 3.16. The van der Waals surface area contributed by atoms with E-state index < -0.39 is 11.8 Å². The summed E-state index contributed by atoms with van der Waals surface area (Å²) in [7, 11) is 0. The van der Waals surface area contributed by atoms with Gasteiger partial charge >= 0.3 is 0 Å². The van der Waals surface area contributed by atoms with Crippen molar-refractivity contribution >= 4 is 17.8 Å². The zero-order valence-corrected chi connectivity index (χ0v) is 9.12. The van der Waals surface area contributed by atoms with Crippen molar-refractivity contribution < 1.29 is 9.59 Å². The maximum Gasteiger partial charge on any atom is 0.271 e. The van der Waals surface area contributed by atoms with Crippen LogP contribution < -0.4 is 10.6 Å². The maximum atomic E-state index is 11.5. The van der Waals surface area contributed by atoms with Gasteiger partial charge in [-0.15, -0.1) is 0 Å². The Balaban J connectivity index is 1.81. The second kappa shape index (κ2) is 5.48. The van der Waals surface area contributed by atoms with Gasteiger partial charge in [0, 0.05) is 12.4 Å². The first-order valence-corrected chi connectivity index (χ1v) is 4.95. The van der Waals surface area contributed by atoms with E-state index in [1.165, 1.54) is 24.9 Å². The lowest BCUT2D eigenvalue weighted by Gasteiger charge is -2.03. The molecule has 0 saturated carbocycles. The number of anilines is 1. The predicted octanol–water partition coefficient (Wildman–Crippen LogP) is -1.04. The highest BCUT2D eigenvalue weighted by molar-refractivity contribution is 5.97. The fourth-order valence-corrected chi connectivity index (χ4v) is 1.11. The summed E-state index contributed by atoms with van der Waals surface area (Å²) in [6, 6.07) is 0. The average Bonchev–Trinajstić information content (AvgIpc) is 2.90. The van der Waals surface area contributed by atoms with Crippen LogP contribution in [0.3, 0.4) is 0 Å². The van der Waals surface area contributed by atoms with Crippen molar-refractivity contribution in [3.8, 4) is 0 Å². The van der Waals surface area contributed by atoms with E-state index in [9.17, 15) is 9.59 Å². The maximum absolute atomic E-state index is 11.5. The lowest BCUT2D eigenvalue weighted by Crippen LogP contribution is -2.33. The molecule has 2 aromatic rings. The van der Waals surface area contributed by atoms with E-state index in [0.717, 1.165) is 0 Å². The molecule has 2 amide bonds. The number of carbonyl (C=O) groups excluding carboxylic acids is 2. The minimum absolute atomic E-state index is 0.143. The highest BCUT2D eigenvalue weighted by Crippen LogP contribution is 1.92. The van der Waals surface area contributed by atoms with Gasteiger partial charge in [0.15, 0.2) is 0 Å². The lowest BCUT2D eigenvalue weighted by molar-refractivity contribution is -0.115. The Morgan fingerprint density at radius 1 is 1.28 bits per heavy atom. The highest BCUT2D eigenvalue weighted by atomic mass is 16.2. The Labute approximate surface area is 101 Å². The molecule has 0 aliphatic carbocycles. The van der Waals surface area contributed by atoms with Crippen molar-refractivity contribution in [3.63, 3.8) is 0 Å². The quantitative estimate of drug-likeness (QED) is 0.633. The number of aromatic amines is 1. The summed E-state index contributed by atoms with van der Waals surface area (Å²) in [6.07, 6.45) is 5.41. The van der Waals surface area contributed by atoms with Crippen LogP contribution in [0, 0.1) is 0 Å². The zero-order chi connectivity index (χ0) is 12.8. The van der Waals surface area contributed by atoms with Crippen LogP contribution in [0.1, 0.15) is 10.5 Å². The number of rotatable bonds is 4. The van der Waals surface area contributed by atoms with Crippen LogP contribution in [-0.4, -0.2) is 43.5 Å². The molecule has 92 valence electrons. The third-order valence-corrected chi connectivity index (χ3v) is 1.88. The fraction of sp³-hybridized carbons (Fsp3) is 0.111. The first kappa shape index (κ1) is 11.6. The molecule has 2 rings (SSSR count). The van der Waals surface area contributed by atoms with Gasteiger partial charge in [0.2, 0.25) is 11.9 Å². The van der Waals surface area contributed by atoms with Gasteiger partial charge in [0.05, 0.1) is 12.7 Å². The molecule has 0 atom stereocenters. The number of amides is 2. The molecule has 0 radical (unpaired) electrons. The van der Waals surface area contributed by atoms with Crippen molar-refractivity contribution in [2.24, 2.45) is 0 Å². The van der Waals surface area contributed by atoms with Gasteiger partial charge < -0.3 is 5.32 Å². The SMILES string of the molecule is O=C(CNC(=O)c1cnccn1)Nc1ncn[nH]1. The zero-order valence-electron chi connectivity index (χ0n) is 9.12. The molecule has 0 aliphatic heterocycles. The van der Waals surface area contributed by atoms with E-state index in [-0.39, 0.29) is 18.2 Å². The number of nitrogens with zero attached hydrogens (tertiary/aromatic N) is 4. The summed E-state index contributed by atoms with van der Waals surface area (Å²) in [5, 5.41) is 10.8. The second-order valence-electron chi connectivity index (χ2n) is 3.16. The van der Waals surface area contributed by atoms with Crippen molar-refractivity contribution in [2.75, 3.05) is 11.9 Å². The largest absolute Gasteiger partial charge is 0.342 e. The molecule has 9 heteroatoms. The summed E-state index contributed by atoms with van der Waals surface area (Å²) in [5.74, 6) is -0.687. The Kier molecular flexibility index (Phi) is 3.54. The van der Waals surface area contributed by atoms with E-state index >= 15 is 0 Å². The Morgan fingerprint density at radius 3 is 2.83 bits per heavy atom. The molecule has 2 heterocycles. The van der Waals surface area contributed by atoms with Crippen LogP contribution in [0.4, 0.5) is 5.95 Å². The van der Waals surface area contributed by atoms with Crippen LogP contribution in [0.5, 0.6) is 0 Å². The lowest BCUT2D eigenvalue weighted by atomic mass is 10.4. The highest BCUT2D eigenvalue weighted by Gasteiger charge is 2.09. The van der Waals surface area contributed by atoms with Crippen molar-refractivity contribution in [2.45, 2.75) is 0 Å². The van der Waals surface area contributed by atoms with E-state index in [4.69, 9.17) is 0 Å². The third-order valence-electron chi connectivity index (χ3n) is 1.88. The van der Waals surface area contributed by atoms with Crippen LogP contribution in [0.2, 0.25) is 0 Å². The van der Waals surface area contributed by atoms with Gasteiger partial charge in [0.1, 0.15) is 12.0 Å². The van der Waals surface area contributed by atoms with Gasteiger partial charge in [0.25, 0.3) is 5.91 Å². The Bertz CT molecular complexity index is 525. The summed E-state index contributed by atoms with van der Waals surface area (Å²) in [5.41, 5.74) is 0.143. The van der Waals surface area contributed by atoms with Crippen LogP contribution in [0.15, 0.2) is 24.9 Å². The molecule has 0 spiro atoms. The molecule has 9 nitrogen and oxygen atoms in total. The molecule has 2 aromatic heterocycles. The minimum Gasteiger partial charge on any atom is -0.342 e. The molecular formula is C9H9N7O2. The molecule has 18 heavy (non-hydrogen) atoms. The molecular weight excluding hydrogens is 238 g/mol. The van der Waals surface area contributed by atoms with E-state index in [0.29, 0.717) is 0 Å². The van der Waals surface area contributed by atoms with Crippen LogP contribution in [0.25, 0.3) is 0 Å². The Morgan fingerprint density at radius 2 is 2.17 bits per heavy atom. The number of hydrogen-bond acceptors (Lipinski definition) is 6. The average molecular weight is 247 g/mol. The number of aromatic nitrogens is 5. The predicted molar refractivity (Wildman–Crippen MR) is 59.4 cm³/mol. The van der Waals surface area contributed by atoms with Gasteiger partial charge in [-0.3, -0.25) is 19.9 Å². The summed E-state index contributed by atoms with van der Waals surface area (Å²) < 4.78 is 0. The van der Waals surface area contributed by atoms with Crippen molar-refractivity contribution in [1.29, 1.82) is 0 Å². The van der Waals surface area contributed by atoms with E-state index in [2.05, 4.69) is 35.8 Å². The standard InChI is InChI=1S/C9H9N7O2/c17-7(15-9-13-5-14-16-9)4-12-8(18)6-3-10-1-2-11-6/h1-3,5H,4H2,(H,12,18)(H2,13,14,15,16,17). The number of nitrogens with one attached hydrogen (secondary N) is 3. The molecule has 3 N–H and O–H groups in total.